The van der Waals surface area contributed by atoms with Crippen LogP contribution < -0.4 is 27.6 Å². The predicted molar refractivity (Wildman–Crippen MR) is 131 cm³/mol. The van der Waals surface area contributed by atoms with Crippen LogP contribution in [0.1, 0.15) is 55.6 Å². The Balaban J connectivity index is 1.76. The standard InChI is InChI=1S/C24H30ClF3N6O2/c1-24(2,3)19-11-21(34-36-19)32-23(33-22(35)12-4-5-16(25)17(28)8-12)31-20(30)10-18(29)13-6-14(26)9-15(27)7-13/h4-9,18-21,34H,10-11,29-30H2,1-3H3,(H2,31,32,33,35). The number of carbonyl (C=O) groups excluding carboxylic acids is 1. The van der Waals surface area contributed by atoms with Crippen molar-refractivity contribution in [2.75, 3.05) is 0 Å². The van der Waals surface area contributed by atoms with Crippen molar-refractivity contribution < 1.29 is 22.8 Å². The summed E-state index contributed by atoms with van der Waals surface area (Å²) in [4.78, 5) is 22.9. The van der Waals surface area contributed by atoms with Crippen molar-refractivity contribution in [3.8, 4) is 0 Å². The summed E-state index contributed by atoms with van der Waals surface area (Å²) in [6.45, 7) is 6.07. The quantitative estimate of drug-likeness (QED) is 0.223. The van der Waals surface area contributed by atoms with Gasteiger partial charge in [-0.05, 0) is 47.7 Å². The van der Waals surface area contributed by atoms with E-state index in [-0.39, 0.29) is 40.0 Å². The number of hydrogen-bond donors (Lipinski definition) is 5. The lowest BCUT2D eigenvalue weighted by atomic mass is 9.87. The molecule has 0 spiro atoms. The van der Waals surface area contributed by atoms with Gasteiger partial charge >= 0.3 is 0 Å². The topological polar surface area (TPSA) is 127 Å². The number of carbonyl (C=O) groups is 1. The van der Waals surface area contributed by atoms with Gasteiger partial charge in [0.2, 0.25) is 5.96 Å². The van der Waals surface area contributed by atoms with Gasteiger partial charge in [-0.3, -0.25) is 14.9 Å². The van der Waals surface area contributed by atoms with Crippen molar-refractivity contribution in [2.24, 2.45) is 21.9 Å². The summed E-state index contributed by atoms with van der Waals surface area (Å²) in [7, 11) is 0. The molecule has 0 aliphatic carbocycles. The Morgan fingerprint density at radius 1 is 1.19 bits per heavy atom. The number of amides is 1. The Bertz CT molecular complexity index is 1110. The molecular formula is C24H30ClF3N6O2. The van der Waals surface area contributed by atoms with Crippen molar-refractivity contribution >= 4 is 23.5 Å². The second kappa shape index (κ2) is 11.6. The second-order valence-electron chi connectivity index (χ2n) is 9.70. The van der Waals surface area contributed by atoms with Gasteiger partial charge in [-0.15, -0.1) is 0 Å². The highest BCUT2D eigenvalue weighted by Crippen LogP contribution is 2.29. The molecule has 0 aromatic heterocycles. The highest BCUT2D eigenvalue weighted by molar-refractivity contribution is 6.30. The lowest BCUT2D eigenvalue weighted by Gasteiger charge is -2.24. The summed E-state index contributed by atoms with van der Waals surface area (Å²) in [5.74, 6) is -2.94. The summed E-state index contributed by atoms with van der Waals surface area (Å²) in [6.07, 6.45) is -0.965. The first-order chi connectivity index (χ1) is 16.8. The Morgan fingerprint density at radius 2 is 1.86 bits per heavy atom. The number of aliphatic imine (C=N–C) groups is 1. The lowest BCUT2D eigenvalue weighted by Crippen LogP contribution is -2.51. The third-order valence-electron chi connectivity index (χ3n) is 5.59. The van der Waals surface area contributed by atoms with Crippen LogP contribution in [0.25, 0.3) is 0 Å². The minimum atomic E-state index is -0.868. The zero-order valence-corrected chi connectivity index (χ0v) is 20.9. The molecular weight excluding hydrogens is 497 g/mol. The molecule has 1 fully saturated rings. The first kappa shape index (κ1) is 27.9. The van der Waals surface area contributed by atoms with Crippen LogP contribution in [-0.2, 0) is 4.84 Å². The van der Waals surface area contributed by atoms with Gasteiger partial charge in [-0.1, -0.05) is 32.4 Å². The van der Waals surface area contributed by atoms with Crippen molar-refractivity contribution in [2.45, 2.75) is 58.1 Å². The summed E-state index contributed by atoms with van der Waals surface area (Å²) in [5, 5.41) is 5.32. The van der Waals surface area contributed by atoms with Crippen molar-refractivity contribution in [1.29, 1.82) is 0 Å². The van der Waals surface area contributed by atoms with Gasteiger partial charge in [-0.25, -0.2) is 18.2 Å². The van der Waals surface area contributed by atoms with Crippen LogP contribution in [0.15, 0.2) is 41.4 Å². The minimum absolute atomic E-state index is 0.00936. The number of nitrogens with two attached hydrogens (primary N) is 2. The second-order valence-corrected chi connectivity index (χ2v) is 10.1. The van der Waals surface area contributed by atoms with Crippen LogP contribution in [0.5, 0.6) is 0 Å². The largest absolute Gasteiger partial charge is 0.341 e. The van der Waals surface area contributed by atoms with Crippen molar-refractivity contribution in [3.63, 3.8) is 0 Å². The van der Waals surface area contributed by atoms with E-state index in [0.29, 0.717) is 6.42 Å². The van der Waals surface area contributed by atoms with Gasteiger partial charge in [0.25, 0.3) is 5.91 Å². The molecule has 196 valence electrons. The molecule has 7 N–H and O–H groups in total. The summed E-state index contributed by atoms with van der Waals surface area (Å²) in [5.41, 5.74) is 15.2. The lowest BCUT2D eigenvalue weighted by molar-refractivity contribution is -0.0294. The van der Waals surface area contributed by atoms with Gasteiger partial charge in [-0.2, -0.15) is 5.48 Å². The fraction of sp³-hybridized carbons (Fsp3) is 0.417. The molecule has 0 bridgehead atoms. The normalized spacial score (nSPS) is 20.2. The predicted octanol–water partition coefficient (Wildman–Crippen LogP) is 3.47. The maximum Gasteiger partial charge on any atom is 0.258 e. The van der Waals surface area contributed by atoms with Crippen molar-refractivity contribution in [3.05, 3.63) is 70.0 Å². The molecule has 1 amide bonds. The number of guanidine groups is 1. The van der Waals surface area contributed by atoms with Crippen LogP contribution in [-0.4, -0.2) is 30.3 Å². The average molecular weight is 527 g/mol. The first-order valence-electron chi connectivity index (χ1n) is 11.3. The van der Waals surface area contributed by atoms with Gasteiger partial charge in [0, 0.05) is 24.1 Å². The molecule has 8 nitrogen and oxygen atoms in total. The van der Waals surface area contributed by atoms with E-state index in [4.69, 9.17) is 27.9 Å². The highest BCUT2D eigenvalue weighted by Gasteiger charge is 2.34. The molecule has 2 aromatic rings. The Morgan fingerprint density at radius 3 is 2.44 bits per heavy atom. The molecule has 0 radical (unpaired) electrons. The van der Waals surface area contributed by atoms with E-state index >= 15 is 0 Å². The number of hydroxylamine groups is 1. The molecule has 1 aliphatic heterocycles. The number of hydrogen-bond acceptors (Lipinski definition) is 6. The third-order valence-corrected chi connectivity index (χ3v) is 5.90. The zero-order chi connectivity index (χ0) is 26.6. The smallest absolute Gasteiger partial charge is 0.258 e. The van der Waals surface area contributed by atoms with Crippen LogP contribution in [0, 0.1) is 22.9 Å². The Labute approximate surface area is 212 Å². The first-order valence-corrected chi connectivity index (χ1v) is 11.7. The molecule has 1 saturated heterocycles. The van der Waals surface area contributed by atoms with E-state index in [9.17, 15) is 18.0 Å². The van der Waals surface area contributed by atoms with Gasteiger partial charge in [0.1, 0.15) is 23.6 Å². The Kier molecular flexibility index (Phi) is 8.96. The van der Waals surface area contributed by atoms with Crippen LogP contribution in [0.3, 0.4) is 0 Å². The van der Waals surface area contributed by atoms with E-state index < -0.39 is 41.7 Å². The molecule has 0 saturated carbocycles. The molecule has 4 unspecified atom stereocenters. The Hall–Kier alpha value is -2.70. The van der Waals surface area contributed by atoms with E-state index in [2.05, 4.69) is 21.1 Å². The monoisotopic (exact) mass is 526 g/mol. The molecule has 1 heterocycles. The molecule has 36 heavy (non-hydrogen) atoms. The number of rotatable bonds is 6. The molecule has 3 rings (SSSR count). The molecule has 2 aromatic carbocycles. The maximum absolute atomic E-state index is 13.9. The SMILES string of the molecule is CC(C)(C)C1CC(N=C(NC(=O)c2ccc(Cl)c(F)c2)NC(N)CC(N)c2cc(F)cc(F)c2)NO1. The number of halogens is 4. The highest BCUT2D eigenvalue weighted by atomic mass is 35.5. The van der Waals surface area contributed by atoms with Crippen LogP contribution in [0.2, 0.25) is 5.02 Å². The van der Waals surface area contributed by atoms with E-state index in [1.54, 1.807) is 0 Å². The summed E-state index contributed by atoms with van der Waals surface area (Å²) < 4.78 is 41.0. The molecule has 12 heteroatoms. The summed E-state index contributed by atoms with van der Waals surface area (Å²) >= 11 is 5.70. The number of benzene rings is 2. The zero-order valence-electron chi connectivity index (χ0n) is 20.1. The van der Waals surface area contributed by atoms with E-state index in [0.717, 1.165) is 24.3 Å². The van der Waals surface area contributed by atoms with Gasteiger partial charge < -0.3 is 16.8 Å². The summed E-state index contributed by atoms with van der Waals surface area (Å²) in [6, 6.07) is 5.81. The van der Waals surface area contributed by atoms with E-state index in [1.807, 2.05) is 20.8 Å². The van der Waals surface area contributed by atoms with Crippen molar-refractivity contribution in [1.82, 2.24) is 16.1 Å². The van der Waals surface area contributed by atoms with Crippen LogP contribution >= 0.6 is 11.6 Å². The third kappa shape index (κ3) is 7.65. The average Bonchev–Trinajstić information content (AvgIpc) is 3.23. The minimum Gasteiger partial charge on any atom is -0.341 e. The number of nitrogens with one attached hydrogen (secondary N) is 3. The molecule has 1 aliphatic rings. The van der Waals surface area contributed by atoms with E-state index in [1.165, 1.54) is 12.1 Å². The molecule has 4 atom stereocenters. The maximum atomic E-state index is 13.9. The van der Waals surface area contributed by atoms with Gasteiger partial charge in [0.15, 0.2) is 0 Å². The number of nitrogens with zero attached hydrogens (tertiary/aromatic N) is 1. The fourth-order valence-electron chi connectivity index (χ4n) is 3.58. The fourth-order valence-corrected chi connectivity index (χ4v) is 3.70. The van der Waals surface area contributed by atoms with Crippen LogP contribution in [0.4, 0.5) is 13.2 Å². The van der Waals surface area contributed by atoms with Gasteiger partial charge in [0.05, 0.1) is 17.3 Å².